The standard InChI is InChI=1S/C23H31N3O4/c1-3-11-24-22(29)20-16(13-27)18-12-25-17(21(20)26(18)19(28)4-2)10-9-15(23(25)30)14-7-5-6-8-14/h7,9-10,16,18,20-21,27H,3-6,8,11-13H2,1-2H3,(H,24,29)/t16-,18-,20+,21+/m1/s1. The van der Waals surface area contributed by atoms with Crippen LogP contribution in [0, 0.1) is 11.8 Å². The summed E-state index contributed by atoms with van der Waals surface area (Å²) in [5, 5.41) is 13.1. The molecule has 3 aliphatic rings. The van der Waals surface area contributed by atoms with E-state index in [1.165, 1.54) is 0 Å². The van der Waals surface area contributed by atoms with Gasteiger partial charge in [-0.05, 0) is 43.4 Å². The second-order valence-corrected chi connectivity index (χ2v) is 8.54. The molecular weight excluding hydrogens is 382 g/mol. The third-order valence-corrected chi connectivity index (χ3v) is 6.87. The van der Waals surface area contributed by atoms with Crippen LogP contribution in [0.5, 0.6) is 0 Å². The Morgan fingerprint density at radius 2 is 2.07 bits per heavy atom. The number of carbonyl (C=O) groups is 2. The van der Waals surface area contributed by atoms with Gasteiger partial charge >= 0.3 is 0 Å². The second-order valence-electron chi connectivity index (χ2n) is 8.54. The van der Waals surface area contributed by atoms with Crippen molar-refractivity contribution in [3.8, 4) is 0 Å². The van der Waals surface area contributed by atoms with E-state index in [1.54, 1.807) is 16.4 Å². The zero-order valence-electron chi connectivity index (χ0n) is 17.8. The quantitative estimate of drug-likeness (QED) is 0.745. The zero-order chi connectivity index (χ0) is 21.4. The Labute approximate surface area is 176 Å². The Morgan fingerprint density at radius 3 is 2.70 bits per heavy atom. The first kappa shape index (κ1) is 20.8. The van der Waals surface area contributed by atoms with Crippen molar-refractivity contribution in [2.24, 2.45) is 11.8 Å². The highest BCUT2D eigenvalue weighted by Gasteiger charge is 2.57. The molecule has 3 heterocycles. The van der Waals surface area contributed by atoms with E-state index in [9.17, 15) is 19.5 Å². The van der Waals surface area contributed by atoms with Crippen molar-refractivity contribution < 1.29 is 14.7 Å². The lowest BCUT2D eigenvalue weighted by Gasteiger charge is -2.38. The fraction of sp³-hybridized carbons (Fsp3) is 0.609. The Morgan fingerprint density at radius 1 is 1.27 bits per heavy atom. The second kappa shape index (κ2) is 8.38. The van der Waals surface area contributed by atoms with Gasteiger partial charge in [-0.1, -0.05) is 19.9 Å². The van der Waals surface area contributed by atoms with E-state index in [1.807, 2.05) is 19.1 Å². The number of aromatic nitrogens is 1. The lowest BCUT2D eigenvalue weighted by molar-refractivity contribution is -0.136. The number of nitrogens with one attached hydrogen (secondary N) is 1. The van der Waals surface area contributed by atoms with Gasteiger partial charge in [-0.25, -0.2) is 0 Å². The molecule has 4 rings (SSSR count). The molecule has 1 aromatic heterocycles. The maximum absolute atomic E-state index is 13.4. The third kappa shape index (κ3) is 3.20. The molecular formula is C23H31N3O4. The maximum atomic E-state index is 13.4. The Bertz CT molecular complexity index is 935. The smallest absolute Gasteiger partial charge is 0.258 e. The molecule has 2 amide bonds. The molecule has 2 N–H and O–H groups in total. The minimum Gasteiger partial charge on any atom is -0.396 e. The lowest BCUT2D eigenvalue weighted by Crippen LogP contribution is -2.49. The van der Waals surface area contributed by atoms with Gasteiger partial charge in [0.15, 0.2) is 0 Å². The van der Waals surface area contributed by atoms with Crippen LogP contribution in [0.3, 0.4) is 0 Å². The topological polar surface area (TPSA) is 91.6 Å². The van der Waals surface area contributed by atoms with Crippen molar-refractivity contribution >= 4 is 17.4 Å². The van der Waals surface area contributed by atoms with Gasteiger partial charge in [0.05, 0.1) is 18.0 Å². The summed E-state index contributed by atoms with van der Waals surface area (Å²) in [4.78, 5) is 41.1. The van der Waals surface area contributed by atoms with Gasteiger partial charge in [0, 0.05) is 43.3 Å². The Kier molecular flexibility index (Phi) is 5.82. The Hall–Kier alpha value is -2.41. The normalized spacial score (nSPS) is 27.0. The molecule has 162 valence electrons. The number of aliphatic hydroxyl groups is 1. The van der Waals surface area contributed by atoms with Crippen LogP contribution in [0.25, 0.3) is 5.57 Å². The van der Waals surface area contributed by atoms with Crippen LogP contribution in [-0.4, -0.2) is 45.6 Å². The lowest BCUT2D eigenvalue weighted by atomic mass is 9.86. The van der Waals surface area contributed by atoms with Crippen LogP contribution in [0.4, 0.5) is 0 Å². The molecule has 2 bridgehead atoms. The number of amides is 2. The number of hydrogen-bond donors (Lipinski definition) is 2. The molecule has 0 aromatic carbocycles. The van der Waals surface area contributed by atoms with Crippen molar-refractivity contribution in [2.75, 3.05) is 13.2 Å². The van der Waals surface area contributed by atoms with Crippen molar-refractivity contribution in [1.82, 2.24) is 14.8 Å². The van der Waals surface area contributed by atoms with E-state index >= 15 is 0 Å². The molecule has 1 aromatic rings. The highest BCUT2D eigenvalue weighted by Crippen LogP contribution is 2.48. The van der Waals surface area contributed by atoms with E-state index in [-0.39, 0.29) is 30.0 Å². The number of hydrogen-bond acceptors (Lipinski definition) is 4. The molecule has 7 nitrogen and oxygen atoms in total. The summed E-state index contributed by atoms with van der Waals surface area (Å²) in [5.74, 6) is -1.15. The van der Waals surface area contributed by atoms with E-state index in [0.29, 0.717) is 25.2 Å². The molecule has 0 radical (unpaired) electrons. The number of aliphatic hydroxyl groups excluding tert-OH is 1. The van der Waals surface area contributed by atoms with E-state index in [4.69, 9.17) is 0 Å². The summed E-state index contributed by atoms with van der Waals surface area (Å²) in [6, 6.07) is 2.88. The molecule has 7 heteroatoms. The van der Waals surface area contributed by atoms with Gasteiger partial charge in [0.25, 0.3) is 5.56 Å². The van der Waals surface area contributed by atoms with Crippen LogP contribution in [-0.2, 0) is 16.1 Å². The molecule has 1 fully saturated rings. The fourth-order valence-electron chi connectivity index (χ4n) is 5.46. The predicted octanol–water partition coefficient (Wildman–Crippen LogP) is 1.84. The van der Waals surface area contributed by atoms with E-state index in [2.05, 4.69) is 11.4 Å². The number of carbonyl (C=O) groups excluding carboxylic acids is 2. The van der Waals surface area contributed by atoms with Crippen molar-refractivity contribution in [2.45, 2.75) is 64.6 Å². The van der Waals surface area contributed by atoms with Crippen LogP contribution in [0.1, 0.15) is 63.3 Å². The van der Waals surface area contributed by atoms with Gasteiger partial charge in [0.2, 0.25) is 11.8 Å². The van der Waals surface area contributed by atoms with Crippen molar-refractivity contribution in [1.29, 1.82) is 0 Å². The minimum atomic E-state index is -0.563. The van der Waals surface area contributed by atoms with Crippen LogP contribution in [0.2, 0.25) is 0 Å². The minimum absolute atomic E-state index is 0.0458. The average molecular weight is 414 g/mol. The van der Waals surface area contributed by atoms with Gasteiger partial charge in [-0.3, -0.25) is 14.4 Å². The molecule has 0 spiro atoms. The van der Waals surface area contributed by atoms with E-state index in [0.717, 1.165) is 36.8 Å². The summed E-state index contributed by atoms with van der Waals surface area (Å²) < 4.78 is 1.75. The molecule has 1 saturated heterocycles. The summed E-state index contributed by atoms with van der Waals surface area (Å²) in [7, 11) is 0. The van der Waals surface area contributed by atoms with Gasteiger partial charge in [-0.2, -0.15) is 0 Å². The van der Waals surface area contributed by atoms with Gasteiger partial charge < -0.3 is 19.9 Å². The number of fused-ring (bicyclic) bond motifs is 4. The molecule has 30 heavy (non-hydrogen) atoms. The SMILES string of the molecule is CCCNC(=O)[C@H]1[C@H](CO)[C@H]2Cn3c(ccc(C4=CCCC4)c3=O)[C@@H]1N2C(=O)CC. The monoisotopic (exact) mass is 413 g/mol. The average Bonchev–Trinajstić information content (AvgIpc) is 3.36. The van der Waals surface area contributed by atoms with Crippen molar-refractivity contribution in [3.05, 3.63) is 39.8 Å². The number of rotatable bonds is 6. The van der Waals surface area contributed by atoms with Crippen LogP contribution >= 0.6 is 0 Å². The zero-order valence-corrected chi connectivity index (χ0v) is 17.8. The Balaban J connectivity index is 1.82. The highest BCUT2D eigenvalue weighted by atomic mass is 16.3. The largest absolute Gasteiger partial charge is 0.396 e. The van der Waals surface area contributed by atoms with Gasteiger partial charge in [0.1, 0.15) is 0 Å². The molecule has 0 saturated carbocycles. The number of nitrogens with zero attached hydrogens (tertiary/aromatic N) is 2. The number of allylic oxidation sites excluding steroid dienone is 2. The van der Waals surface area contributed by atoms with Crippen molar-refractivity contribution in [3.63, 3.8) is 0 Å². The molecule has 4 atom stereocenters. The first-order valence-corrected chi connectivity index (χ1v) is 11.2. The summed E-state index contributed by atoms with van der Waals surface area (Å²) >= 11 is 0. The van der Waals surface area contributed by atoms with Gasteiger partial charge in [-0.15, -0.1) is 0 Å². The third-order valence-electron chi connectivity index (χ3n) is 6.87. The fourth-order valence-corrected chi connectivity index (χ4v) is 5.46. The van der Waals surface area contributed by atoms with Crippen LogP contribution in [0.15, 0.2) is 23.0 Å². The van der Waals surface area contributed by atoms with E-state index < -0.39 is 17.9 Å². The summed E-state index contributed by atoms with van der Waals surface area (Å²) in [6.07, 6.45) is 6.22. The van der Waals surface area contributed by atoms with Crippen LogP contribution < -0.4 is 10.9 Å². The molecule has 2 aliphatic heterocycles. The first-order chi connectivity index (χ1) is 14.5. The maximum Gasteiger partial charge on any atom is 0.258 e. The first-order valence-electron chi connectivity index (χ1n) is 11.2. The summed E-state index contributed by atoms with van der Waals surface area (Å²) in [5.41, 5.74) is 2.46. The predicted molar refractivity (Wildman–Crippen MR) is 114 cm³/mol. The number of pyridine rings is 1. The highest BCUT2D eigenvalue weighted by molar-refractivity contribution is 5.84. The molecule has 1 aliphatic carbocycles. The summed E-state index contributed by atoms with van der Waals surface area (Å²) in [6.45, 7) is 4.46. The molecule has 0 unspecified atom stereocenters.